The van der Waals surface area contributed by atoms with Gasteiger partial charge >= 0.3 is 5.97 Å². The van der Waals surface area contributed by atoms with Crippen LogP contribution in [-0.4, -0.2) is 26.4 Å². The molecule has 18 heavy (non-hydrogen) atoms. The van der Waals surface area contributed by atoms with E-state index in [1.807, 2.05) is 0 Å². The molecule has 0 saturated heterocycles. The number of hydrogen-bond acceptors (Lipinski definition) is 3. The van der Waals surface area contributed by atoms with Crippen LogP contribution in [0.4, 0.5) is 0 Å². The van der Waals surface area contributed by atoms with E-state index in [1.54, 1.807) is 19.1 Å². The minimum atomic E-state index is -1.47. The van der Waals surface area contributed by atoms with Crippen molar-refractivity contribution in [1.82, 2.24) is 0 Å². The van der Waals surface area contributed by atoms with Gasteiger partial charge in [-0.3, -0.25) is 13.8 Å². The van der Waals surface area contributed by atoms with Crippen molar-refractivity contribution in [3.63, 3.8) is 0 Å². The standard InChI is InChI=1S/C12H15NO4S/c1-2-10(12(15)16)18(17)7-8-3-5-9(6-4-8)11(13)14/h3-6,10H,2,7H2,1H3,(H2,13,14)(H,15,16). The minimum Gasteiger partial charge on any atom is -0.480 e. The van der Waals surface area contributed by atoms with E-state index in [0.29, 0.717) is 12.0 Å². The van der Waals surface area contributed by atoms with E-state index in [2.05, 4.69) is 0 Å². The fourth-order valence-corrected chi connectivity index (χ4v) is 2.82. The molecule has 0 fully saturated rings. The van der Waals surface area contributed by atoms with Crippen molar-refractivity contribution < 1.29 is 18.9 Å². The van der Waals surface area contributed by atoms with E-state index >= 15 is 0 Å². The van der Waals surface area contributed by atoms with Crippen molar-refractivity contribution in [1.29, 1.82) is 0 Å². The minimum absolute atomic E-state index is 0.157. The SMILES string of the molecule is CCC(C(=O)O)S(=O)Cc1ccc(C(N)=O)cc1. The van der Waals surface area contributed by atoms with Crippen molar-refractivity contribution in [3.05, 3.63) is 35.4 Å². The summed E-state index contributed by atoms with van der Waals surface area (Å²) >= 11 is 0. The summed E-state index contributed by atoms with van der Waals surface area (Å²) in [7, 11) is -1.47. The van der Waals surface area contributed by atoms with Crippen LogP contribution in [0.2, 0.25) is 0 Å². The third kappa shape index (κ3) is 3.66. The first kappa shape index (κ1) is 14.4. The van der Waals surface area contributed by atoms with Gasteiger partial charge in [-0.25, -0.2) is 0 Å². The van der Waals surface area contributed by atoms with Crippen LogP contribution in [0.3, 0.4) is 0 Å². The molecule has 2 atom stereocenters. The molecule has 2 unspecified atom stereocenters. The summed E-state index contributed by atoms with van der Waals surface area (Å²) in [6.45, 7) is 1.69. The molecule has 0 saturated carbocycles. The van der Waals surface area contributed by atoms with Crippen molar-refractivity contribution in [2.75, 3.05) is 0 Å². The second-order valence-electron chi connectivity index (χ2n) is 3.82. The Morgan fingerprint density at radius 3 is 2.28 bits per heavy atom. The van der Waals surface area contributed by atoms with E-state index in [-0.39, 0.29) is 5.75 Å². The van der Waals surface area contributed by atoms with Crippen LogP contribution in [-0.2, 0) is 21.3 Å². The highest BCUT2D eigenvalue weighted by Gasteiger charge is 2.22. The number of carbonyl (C=O) groups excluding carboxylic acids is 1. The van der Waals surface area contributed by atoms with Gasteiger partial charge < -0.3 is 10.8 Å². The Balaban J connectivity index is 2.76. The molecule has 1 amide bonds. The van der Waals surface area contributed by atoms with Crippen molar-refractivity contribution in [2.24, 2.45) is 5.73 Å². The van der Waals surface area contributed by atoms with Gasteiger partial charge in [-0.1, -0.05) is 19.1 Å². The van der Waals surface area contributed by atoms with E-state index in [4.69, 9.17) is 10.8 Å². The molecule has 0 bridgehead atoms. The Hall–Kier alpha value is -1.69. The second-order valence-corrected chi connectivity index (χ2v) is 5.44. The van der Waals surface area contributed by atoms with E-state index < -0.39 is 27.9 Å². The third-order valence-corrected chi connectivity index (χ3v) is 4.30. The number of amides is 1. The molecule has 0 heterocycles. The molecule has 1 rings (SSSR count). The zero-order valence-corrected chi connectivity index (χ0v) is 10.8. The summed E-state index contributed by atoms with van der Waals surface area (Å²) in [5.41, 5.74) is 6.19. The third-order valence-electron chi connectivity index (χ3n) is 2.51. The summed E-state index contributed by atoms with van der Waals surface area (Å²) in [6, 6.07) is 6.34. The molecule has 0 aliphatic heterocycles. The topological polar surface area (TPSA) is 97.5 Å². The number of carbonyl (C=O) groups is 2. The van der Waals surface area contributed by atoms with Gasteiger partial charge in [0.15, 0.2) is 0 Å². The number of aliphatic carboxylic acids is 1. The number of carboxylic acids is 1. The van der Waals surface area contributed by atoms with Crippen LogP contribution in [0.5, 0.6) is 0 Å². The maximum atomic E-state index is 11.8. The highest BCUT2D eigenvalue weighted by atomic mass is 32.2. The van der Waals surface area contributed by atoms with Crippen LogP contribution in [0.1, 0.15) is 29.3 Å². The van der Waals surface area contributed by atoms with Crippen LogP contribution in [0.15, 0.2) is 24.3 Å². The molecule has 0 spiro atoms. The van der Waals surface area contributed by atoms with Gasteiger partial charge in [0.1, 0.15) is 5.25 Å². The average Bonchev–Trinajstić information content (AvgIpc) is 2.29. The van der Waals surface area contributed by atoms with Crippen molar-refractivity contribution in [3.8, 4) is 0 Å². The van der Waals surface area contributed by atoms with E-state index in [0.717, 1.165) is 5.56 Å². The maximum Gasteiger partial charge on any atom is 0.319 e. The summed E-state index contributed by atoms with van der Waals surface area (Å²) in [5, 5.41) is 8.02. The maximum absolute atomic E-state index is 11.8. The first-order valence-corrected chi connectivity index (χ1v) is 6.82. The number of benzene rings is 1. The van der Waals surface area contributed by atoms with Gasteiger partial charge in [-0.2, -0.15) is 0 Å². The number of primary amides is 1. The predicted molar refractivity (Wildman–Crippen MR) is 68.5 cm³/mol. The fourth-order valence-electron chi connectivity index (χ4n) is 1.50. The Labute approximate surface area is 107 Å². The van der Waals surface area contributed by atoms with E-state index in [9.17, 15) is 13.8 Å². The predicted octanol–water partition coefficient (Wildman–Crippen LogP) is 0.897. The second kappa shape index (κ2) is 6.30. The fraction of sp³-hybridized carbons (Fsp3) is 0.333. The zero-order chi connectivity index (χ0) is 13.7. The Morgan fingerprint density at radius 1 is 1.33 bits per heavy atom. The normalized spacial score (nSPS) is 13.8. The summed E-state index contributed by atoms with van der Waals surface area (Å²) in [6.07, 6.45) is 0.321. The van der Waals surface area contributed by atoms with Gasteiger partial charge in [-0.05, 0) is 24.1 Å². The van der Waals surface area contributed by atoms with Crippen molar-refractivity contribution in [2.45, 2.75) is 24.3 Å². The lowest BCUT2D eigenvalue weighted by Crippen LogP contribution is -2.25. The van der Waals surface area contributed by atoms with Gasteiger partial charge in [0.25, 0.3) is 0 Å². The van der Waals surface area contributed by atoms with Crippen LogP contribution >= 0.6 is 0 Å². The lowest BCUT2D eigenvalue weighted by Gasteiger charge is -2.09. The smallest absolute Gasteiger partial charge is 0.319 e. The summed E-state index contributed by atoms with van der Waals surface area (Å²) in [5.74, 6) is -1.42. The largest absolute Gasteiger partial charge is 0.480 e. The Bertz CT molecular complexity index is 469. The van der Waals surface area contributed by atoms with Gasteiger partial charge in [0.2, 0.25) is 5.91 Å². The summed E-state index contributed by atoms with van der Waals surface area (Å²) < 4.78 is 11.8. The molecule has 1 aromatic rings. The van der Waals surface area contributed by atoms with Gasteiger partial charge in [0.05, 0.1) is 0 Å². The van der Waals surface area contributed by atoms with Crippen molar-refractivity contribution >= 4 is 22.7 Å². The highest BCUT2D eigenvalue weighted by Crippen LogP contribution is 2.11. The summed E-state index contributed by atoms with van der Waals surface area (Å²) in [4.78, 5) is 21.7. The zero-order valence-electron chi connectivity index (χ0n) is 9.96. The number of nitrogens with two attached hydrogens (primary N) is 1. The molecule has 0 aromatic heterocycles. The molecule has 0 radical (unpaired) electrons. The van der Waals surface area contributed by atoms with Gasteiger partial charge in [-0.15, -0.1) is 0 Å². The van der Waals surface area contributed by atoms with Crippen LogP contribution in [0, 0.1) is 0 Å². The molecule has 0 aliphatic rings. The van der Waals surface area contributed by atoms with Gasteiger partial charge in [0, 0.05) is 22.1 Å². The molecular weight excluding hydrogens is 254 g/mol. The molecular formula is C12H15NO4S. The molecule has 5 nitrogen and oxygen atoms in total. The quantitative estimate of drug-likeness (QED) is 0.801. The Morgan fingerprint density at radius 2 is 1.89 bits per heavy atom. The average molecular weight is 269 g/mol. The molecule has 6 heteroatoms. The first-order valence-electron chi connectivity index (χ1n) is 5.44. The molecule has 0 aliphatic carbocycles. The number of carboxylic acid groups (broad SMARTS) is 1. The lowest BCUT2D eigenvalue weighted by molar-refractivity contribution is -0.136. The Kier molecular flexibility index (Phi) is 5.03. The monoisotopic (exact) mass is 269 g/mol. The van der Waals surface area contributed by atoms with Crippen LogP contribution in [0.25, 0.3) is 0 Å². The highest BCUT2D eigenvalue weighted by molar-refractivity contribution is 7.85. The molecule has 3 N–H and O–H groups in total. The first-order chi connectivity index (χ1) is 8.45. The number of rotatable bonds is 6. The van der Waals surface area contributed by atoms with Crippen LogP contribution < -0.4 is 5.73 Å². The number of hydrogen-bond donors (Lipinski definition) is 2. The van der Waals surface area contributed by atoms with E-state index in [1.165, 1.54) is 12.1 Å². The molecule has 1 aromatic carbocycles. The molecule has 98 valence electrons. The lowest BCUT2D eigenvalue weighted by atomic mass is 10.1.